The molecule has 0 saturated heterocycles. The molecular weight excluding hydrogens is 300 g/mol. The normalized spacial score (nSPS) is 13.5. The van der Waals surface area contributed by atoms with Crippen LogP contribution in [0.5, 0.6) is 0 Å². The van der Waals surface area contributed by atoms with E-state index >= 15 is 0 Å². The lowest BCUT2D eigenvalue weighted by molar-refractivity contribution is -0.136. The number of rotatable bonds is 3. The van der Waals surface area contributed by atoms with Gasteiger partial charge in [-0.2, -0.15) is 0 Å². The molecule has 0 saturated carbocycles. The smallest absolute Gasteiger partial charge is 0.242 e. The second kappa shape index (κ2) is 6.11. The Morgan fingerprint density at radius 1 is 1.08 bits per heavy atom. The summed E-state index contributed by atoms with van der Waals surface area (Å²) in [4.78, 5) is 27.4. The van der Waals surface area contributed by atoms with Gasteiger partial charge < -0.3 is 10.2 Å². The van der Waals surface area contributed by atoms with Gasteiger partial charge in [-0.3, -0.25) is 9.59 Å². The van der Waals surface area contributed by atoms with Gasteiger partial charge in [0.2, 0.25) is 11.8 Å². The van der Waals surface area contributed by atoms with Crippen molar-refractivity contribution in [1.82, 2.24) is 0 Å². The summed E-state index contributed by atoms with van der Waals surface area (Å²) in [5, 5.41) is 2.86. The van der Waals surface area contributed by atoms with E-state index in [0.717, 1.165) is 23.2 Å². The molecule has 0 aliphatic carbocycles. The van der Waals surface area contributed by atoms with E-state index in [1.54, 1.807) is 18.7 Å². The summed E-state index contributed by atoms with van der Waals surface area (Å²) in [6.07, 6.45) is 0.831. The number of carbonyl (C=O) groups is 2. The molecule has 2 aromatic rings. The molecule has 4 heteroatoms. The number of carbonyl (C=O) groups excluding carboxylic acids is 2. The molecule has 2 aromatic carbocycles. The second-order valence-electron chi connectivity index (χ2n) is 6.78. The number of benzene rings is 2. The molecule has 2 amide bonds. The number of hydrogen-bond acceptors (Lipinski definition) is 2. The Labute approximate surface area is 142 Å². The average molecular weight is 322 g/mol. The second-order valence-corrected chi connectivity index (χ2v) is 6.78. The summed E-state index contributed by atoms with van der Waals surface area (Å²) < 4.78 is 0. The van der Waals surface area contributed by atoms with Crippen LogP contribution in [0.15, 0.2) is 48.5 Å². The van der Waals surface area contributed by atoms with Crippen LogP contribution in [0.3, 0.4) is 0 Å². The molecule has 0 spiro atoms. The third-order valence-corrected chi connectivity index (χ3v) is 4.51. The molecule has 0 fully saturated rings. The van der Waals surface area contributed by atoms with E-state index in [-0.39, 0.29) is 11.8 Å². The lowest BCUT2D eigenvalue weighted by Gasteiger charge is -2.28. The fourth-order valence-electron chi connectivity index (χ4n) is 2.99. The Kier molecular flexibility index (Phi) is 4.14. The van der Waals surface area contributed by atoms with Crippen LogP contribution in [0.2, 0.25) is 0 Å². The lowest BCUT2D eigenvalue weighted by atomic mass is 9.90. The summed E-state index contributed by atoms with van der Waals surface area (Å²) in [5.41, 5.74) is 2.70. The van der Waals surface area contributed by atoms with E-state index in [1.807, 2.05) is 55.5 Å². The van der Waals surface area contributed by atoms with Crippen LogP contribution in [0, 0.1) is 12.3 Å². The topological polar surface area (TPSA) is 49.4 Å². The molecule has 1 heterocycles. The molecule has 0 bridgehead atoms. The van der Waals surface area contributed by atoms with Crippen molar-refractivity contribution < 1.29 is 9.59 Å². The van der Waals surface area contributed by atoms with Gasteiger partial charge in [0, 0.05) is 17.9 Å². The van der Waals surface area contributed by atoms with Crippen molar-refractivity contribution in [3.05, 3.63) is 59.7 Å². The van der Waals surface area contributed by atoms with E-state index in [4.69, 9.17) is 0 Å². The van der Waals surface area contributed by atoms with Gasteiger partial charge in [-0.05, 0) is 56.5 Å². The maximum Gasteiger partial charge on any atom is 0.242 e. The van der Waals surface area contributed by atoms with Gasteiger partial charge >= 0.3 is 0 Å². The predicted molar refractivity (Wildman–Crippen MR) is 96.1 cm³/mol. The Morgan fingerprint density at radius 2 is 1.83 bits per heavy atom. The third kappa shape index (κ3) is 2.92. The van der Waals surface area contributed by atoms with Crippen LogP contribution in [0.4, 0.5) is 11.4 Å². The predicted octanol–water partition coefficient (Wildman–Crippen LogP) is 3.55. The minimum absolute atomic E-state index is 0.169. The van der Waals surface area contributed by atoms with Crippen LogP contribution in [0.25, 0.3) is 0 Å². The number of anilines is 2. The van der Waals surface area contributed by atoms with Crippen LogP contribution in [-0.4, -0.2) is 18.4 Å². The average Bonchev–Trinajstić information content (AvgIpc) is 2.98. The van der Waals surface area contributed by atoms with Crippen LogP contribution < -0.4 is 10.2 Å². The first-order chi connectivity index (χ1) is 11.4. The van der Waals surface area contributed by atoms with E-state index < -0.39 is 5.41 Å². The molecular formula is C20H22N2O2. The maximum atomic E-state index is 13.0. The Balaban J connectivity index is 1.80. The van der Waals surface area contributed by atoms with Gasteiger partial charge in [-0.1, -0.05) is 30.3 Å². The Bertz CT molecular complexity index is 796. The highest BCUT2D eigenvalue weighted by Crippen LogP contribution is 2.32. The summed E-state index contributed by atoms with van der Waals surface area (Å²) in [5.74, 6) is -0.458. The lowest BCUT2D eigenvalue weighted by Crippen LogP contribution is -2.47. The van der Waals surface area contributed by atoms with Crippen molar-refractivity contribution in [3.63, 3.8) is 0 Å². The first kappa shape index (κ1) is 16.2. The molecule has 24 heavy (non-hydrogen) atoms. The number of fused-ring (bicyclic) bond motifs is 1. The zero-order chi connectivity index (χ0) is 17.3. The van der Waals surface area contributed by atoms with E-state index in [9.17, 15) is 9.59 Å². The van der Waals surface area contributed by atoms with Crippen LogP contribution >= 0.6 is 0 Å². The van der Waals surface area contributed by atoms with Crippen LogP contribution in [0.1, 0.15) is 25.0 Å². The molecule has 0 aromatic heterocycles. The molecule has 4 nitrogen and oxygen atoms in total. The molecule has 1 aliphatic heterocycles. The SMILES string of the molecule is Cc1cccc(NC(=O)C(C)(C)C(=O)N2CCc3ccccc32)c1. The Hall–Kier alpha value is -2.62. The summed E-state index contributed by atoms with van der Waals surface area (Å²) in [7, 11) is 0. The number of hydrogen-bond donors (Lipinski definition) is 1. The molecule has 3 rings (SSSR count). The molecule has 0 unspecified atom stereocenters. The largest absolute Gasteiger partial charge is 0.325 e. The van der Waals surface area contributed by atoms with Crippen molar-refractivity contribution in [3.8, 4) is 0 Å². The van der Waals surface area contributed by atoms with E-state index in [0.29, 0.717) is 12.2 Å². The molecule has 0 atom stereocenters. The fourth-order valence-corrected chi connectivity index (χ4v) is 2.99. The van der Waals surface area contributed by atoms with Gasteiger partial charge in [0.15, 0.2) is 0 Å². The highest BCUT2D eigenvalue weighted by Gasteiger charge is 2.41. The van der Waals surface area contributed by atoms with Gasteiger partial charge in [-0.25, -0.2) is 0 Å². The standard InChI is InChI=1S/C20H22N2O2/c1-14-7-6-9-16(13-14)21-18(23)20(2,3)19(24)22-12-11-15-8-4-5-10-17(15)22/h4-10,13H,11-12H2,1-3H3,(H,21,23). The van der Waals surface area contributed by atoms with E-state index in [1.165, 1.54) is 0 Å². The monoisotopic (exact) mass is 322 g/mol. The number of aryl methyl sites for hydroxylation is 1. The first-order valence-electron chi connectivity index (χ1n) is 8.17. The minimum Gasteiger partial charge on any atom is -0.325 e. The van der Waals surface area contributed by atoms with E-state index in [2.05, 4.69) is 5.32 Å². The summed E-state index contributed by atoms with van der Waals surface area (Å²) in [6.45, 7) is 5.95. The molecule has 1 aliphatic rings. The number of nitrogens with zero attached hydrogens (tertiary/aromatic N) is 1. The van der Waals surface area contributed by atoms with Gasteiger partial charge in [0.1, 0.15) is 5.41 Å². The van der Waals surface area contributed by atoms with Crippen molar-refractivity contribution in [2.45, 2.75) is 27.2 Å². The van der Waals surface area contributed by atoms with Gasteiger partial charge in [-0.15, -0.1) is 0 Å². The Morgan fingerprint density at radius 3 is 2.58 bits per heavy atom. The van der Waals surface area contributed by atoms with Crippen molar-refractivity contribution >= 4 is 23.2 Å². The minimum atomic E-state index is -1.14. The zero-order valence-corrected chi connectivity index (χ0v) is 14.3. The van der Waals surface area contributed by atoms with Crippen LogP contribution in [-0.2, 0) is 16.0 Å². The highest BCUT2D eigenvalue weighted by molar-refractivity contribution is 6.15. The fraction of sp³-hybridized carbons (Fsp3) is 0.300. The maximum absolute atomic E-state index is 13.0. The van der Waals surface area contributed by atoms with Gasteiger partial charge in [0.25, 0.3) is 0 Å². The quantitative estimate of drug-likeness (QED) is 0.879. The third-order valence-electron chi connectivity index (χ3n) is 4.51. The number of para-hydroxylation sites is 1. The zero-order valence-electron chi connectivity index (χ0n) is 14.3. The van der Waals surface area contributed by atoms with Gasteiger partial charge in [0.05, 0.1) is 0 Å². The molecule has 124 valence electrons. The van der Waals surface area contributed by atoms with Crippen molar-refractivity contribution in [1.29, 1.82) is 0 Å². The number of amides is 2. The highest BCUT2D eigenvalue weighted by atomic mass is 16.2. The first-order valence-corrected chi connectivity index (χ1v) is 8.17. The molecule has 1 N–H and O–H groups in total. The summed E-state index contributed by atoms with van der Waals surface area (Å²) >= 11 is 0. The van der Waals surface area contributed by atoms with Crippen molar-refractivity contribution in [2.24, 2.45) is 5.41 Å². The van der Waals surface area contributed by atoms with Crippen molar-refractivity contribution in [2.75, 3.05) is 16.8 Å². The number of nitrogens with one attached hydrogen (secondary N) is 1. The molecule has 0 radical (unpaired) electrons. The summed E-state index contributed by atoms with van der Waals surface area (Å²) in [6, 6.07) is 15.4.